The molecule has 2 N–H and O–H groups in total. The minimum Gasteiger partial charge on any atom is -0.497 e. The van der Waals surface area contributed by atoms with E-state index in [9.17, 15) is 20.3 Å². The van der Waals surface area contributed by atoms with Crippen LogP contribution in [0, 0.1) is 10.1 Å². The lowest BCUT2D eigenvalue weighted by Crippen LogP contribution is -2.40. The number of aliphatic hydroxyl groups excluding tert-OH is 2. The summed E-state index contributed by atoms with van der Waals surface area (Å²) in [6.45, 7) is -0.226. The van der Waals surface area contributed by atoms with Crippen LogP contribution in [-0.4, -0.2) is 54.5 Å². The summed E-state index contributed by atoms with van der Waals surface area (Å²) in [4.78, 5) is 10.6. The van der Waals surface area contributed by atoms with Gasteiger partial charge in [-0.1, -0.05) is 24.3 Å². The van der Waals surface area contributed by atoms with Crippen LogP contribution in [0.15, 0.2) is 36.4 Å². The Balaban J connectivity index is 1.94. The van der Waals surface area contributed by atoms with E-state index < -0.39 is 23.4 Å². The number of nitro benzene ring substituents is 1. The van der Waals surface area contributed by atoms with Gasteiger partial charge < -0.3 is 29.2 Å². The number of nitrogens with zero attached hydrogens (tertiary/aromatic N) is 1. The molecule has 0 bridgehead atoms. The quantitative estimate of drug-likeness (QED) is 0.372. The molecule has 0 radical (unpaired) electrons. The zero-order valence-corrected chi connectivity index (χ0v) is 17.3. The number of hydrogen-bond donors (Lipinski definition) is 2. The zero-order valence-electron chi connectivity index (χ0n) is 17.3. The molecule has 0 amide bonds. The Hall–Kier alpha value is -3.14. The van der Waals surface area contributed by atoms with E-state index in [-0.39, 0.29) is 18.7 Å². The van der Waals surface area contributed by atoms with E-state index in [0.717, 1.165) is 0 Å². The maximum atomic E-state index is 11.0. The minimum atomic E-state index is -0.784. The van der Waals surface area contributed by atoms with Crippen molar-refractivity contribution in [3.8, 4) is 17.2 Å². The monoisotopic (exact) mass is 431 g/mol. The first-order valence-corrected chi connectivity index (χ1v) is 9.73. The molecule has 3 atom stereocenters. The van der Waals surface area contributed by atoms with Gasteiger partial charge in [0.1, 0.15) is 5.75 Å². The summed E-state index contributed by atoms with van der Waals surface area (Å²) in [5.41, 5.74) is 1.21. The van der Waals surface area contributed by atoms with Gasteiger partial charge in [0.25, 0.3) is 5.69 Å². The van der Waals surface area contributed by atoms with Crippen LogP contribution in [0.4, 0.5) is 5.69 Å². The maximum absolute atomic E-state index is 11.0. The summed E-state index contributed by atoms with van der Waals surface area (Å²) < 4.78 is 22.5. The van der Waals surface area contributed by atoms with Crippen LogP contribution < -0.4 is 14.2 Å². The Morgan fingerprint density at radius 1 is 1.19 bits per heavy atom. The van der Waals surface area contributed by atoms with E-state index >= 15 is 0 Å². The molecule has 0 spiro atoms. The van der Waals surface area contributed by atoms with E-state index in [0.29, 0.717) is 34.8 Å². The molecule has 31 heavy (non-hydrogen) atoms. The van der Waals surface area contributed by atoms with Crippen molar-refractivity contribution in [2.24, 2.45) is 0 Å². The van der Waals surface area contributed by atoms with Gasteiger partial charge in [0.05, 0.1) is 38.0 Å². The van der Waals surface area contributed by atoms with E-state index in [1.807, 2.05) is 0 Å². The minimum absolute atomic E-state index is 0.0125. The maximum Gasteiger partial charge on any atom is 0.270 e. The second-order valence-electron chi connectivity index (χ2n) is 7.05. The van der Waals surface area contributed by atoms with Crippen molar-refractivity contribution < 1.29 is 34.1 Å². The molecule has 166 valence electrons. The molecule has 1 saturated heterocycles. The molecule has 0 aliphatic carbocycles. The number of rotatable bonds is 8. The number of aliphatic hydroxyl groups is 2. The third-order valence-electron chi connectivity index (χ3n) is 4.85. The molecule has 3 unspecified atom stereocenters. The SMILES string of the molecule is COc1cc(/C=C/c2cccc([N+](=O)[O-])c2)c(OC2CC(O)CC(CO)O2)c(OC)c1. The third-order valence-corrected chi connectivity index (χ3v) is 4.85. The Morgan fingerprint density at radius 2 is 2.00 bits per heavy atom. The van der Waals surface area contributed by atoms with Gasteiger partial charge in [-0.2, -0.15) is 0 Å². The third kappa shape index (κ3) is 5.72. The number of benzene rings is 2. The Bertz CT molecular complexity index is 945. The van der Waals surface area contributed by atoms with Crippen molar-refractivity contribution in [2.75, 3.05) is 20.8 Å². The lowest BCUT2D eigenvalue weighted by molar-refractivity contribution is -0.384. The fourth-order valence-electron chi connectivity index (χ4n) is 3.32. The van der Waals surface area contributed by atoms with Crippen LogP contribution >= 0.6 is 0 Å². The highest BCUT2D eigenvalue weighted by Crippen LogP contribution is 2.39. The molecule has 9 heteroatoms. The Kier molecular flexibility index (Phi) is 7.45. The van der Waals surface area contributed by atoms with Gasteiger partial charge in [-0.15, -0.1) is 0 Å². The predicted octanol–water partition coefficient (Wildman–Crippen LogP) is 3.02. The highest BCUT2D eigenvalue weighted by Gasteiger charge is 2.30. The molecule has 0 aromatic heterocycles. The second-order valence-corrected chi connectivity index (χ2v) is 7.05. The van der Waals surface area contributed by atoms with Crippen LogP contribution in [0.1, 0.15) is 24.0 Å². The molecule has 9 nitrogen and oxygen atoms in total. The van der Waals surface area contributed by atoms with Gasteiger partial charge in [0.2, 0.25) is 6.29 Å². The van der Waals surface area contributed by atoms with Crippen molar-refractivity contribution in [1.29, 1.82) is 0 Å². The Labute approximate surface area is 179 Å². The van der Waals surface area contributed by atoms with Crippen LogP contribution in [-0.2, 0) is 4.74 Å². The van der Waals surface area contributed by atoms with Crippen molar-refractivity contribution in [2.45, 2.75) is 31.3 Å². The van der Waals surface area contributed by atoms with Crippen molar-refractivity contribution in [3.05, 3.63) is 57.6 Å². The molecular weight excluding hydrogens is 406 g/mol. The number of hydrogen-bond acceptors (Lipinski definition) is 8. The van der Waals surface area contributed by atoms with E-state index in [2.05, 4.69) is 0 Å². The summed E-state index contributed by atoms with van der Waals surface area (Å²) >= 11 is 0. The van der Waals surface area contributed by atoms with Gasteiger partial charge in [-0.05, 0) is 11.6 Å². The summed E-state index contributed by atoms with van der Waals surface area (Å²) in [5.74, 6) is 1.28. The van der Waals surface area contributed by atoms with Crippen LogP contribution in [0.25, 0.3) is 12.2 Å². The van der Waals surface area contributed by atoms with E-state index in [4.69, 9.17) is 18.9 Å². The molecule has 1 fully saturated rings. The van der Waals surface area contributed by atoms with Gasteiger partial charge in [0.15, 0.2) is 11.5 Å². The van der Waals surface area contributed by atoms with Crippen molar-refractivity contribution in [3.63, 3.8) is 0 Å². The fraction of sp³-hybridized carbons (Fsp3) is 0.364. The fourth-order valence-corrected chi connectivity index (χ4v) is 3.32. The largest absolute Gasteiger partial charge is 0.497 e. The first kappa shape index (κ1) is 22.5. The first-order chi connectivity index (χ1) is 14.9. The molecule has 1 aliphatic heterocycles. The lowest BCUT2D eigenvalue weighted by Gasteiger charge is -2.32. The highest BCUT2D eigenvalue weighted by atomic mass is 16.7. The highest BCUT2D eigenvalue weighted by molar-refractivity contribution is 5.76. The molecule has 1 aliphatic rings. The first-order valence-electron chi connectivity index (χ1n) is 9.73. The van der Waals surface area contributed by atoms with Crippen LogP contribution in [0.3, 0.4) is 0 Å². The molecule has 3 rings (SSSR count). The van der Waals surface area contributed by atoms with E-state index in [1.54, 1.807) is 36.4 Å². The smallest absolute Gasteiger partial charge is 0.270 e. The summed E-state index contributed by atoms with van der Waals surface area (Å²) in [5, 5.41) is 30.5. The summed E-state index contributed by atoms with van der Waals surface area (Å²) in [6, 6.07) is 9.61. The van der Waals surface area contributed by atoms with Crippen molar-refractivity contribution >= 4 is 17.8 Å². The van der Waals surface area contributed by atoms with Crippen molar-refractivity contribution in [1.82, 2.24) is 0 Å². The van der Waals surface area contributed by atoms with Gasteiger partial charge in [-0.3, -0.25) is 10.1 Å². The number of nitro groups is 1. The zero-order chi connectivity index (χ0) is 22.4. The van der Waals surface area contributed by atoms with Gasteiger partial charge >= 0.3 is 0 Å². The number of ether oxygens (including phenoxy) is 4. The molecule has 0 saturated carbocycles. The second kappa shape index (κ2) is 10.3. The van der Waals surface area contributed by atoms with Crippen LogP contribution in [0.5, 0.6) is 17.2 Å². The molecule has 2 aromatic rings. The van der Waals surface area contributed by atoms with E-state index in [1.165, 1.54) is 26.4 Å². The molecular formula is C22H25NO8. The predicted molar refractivity (Wildman–Crippen MR) is 113 cm³/mol. The average molecular weight is 431 g/mol. The van der Waals surface area contributed by atoms with Crippen LogP contribution in [0.2, 0.25) is 0 Å². The molecule has 2 aromatic carbocycles. The lowest BCUT2D eigenvalue weighted by atomic mass is 10.1. The average Bonchev–Trinajstić information content (AvgIpc) is 2.77. The number of non-ortho nitro benzene ring substituents is 1. The topological polar surface area (TPSA) is 121 Å². The van der Waals surface area contributed by atoms with Gasteiger partial charge in [0, 0.05) is 36.6 Å². The standard InChI is InChI=1S/C22H25NO8/c1-28-18-9-15(7-6-14-4-3-5-16(8-14)23(26)27)22(20(12-18)29-2)31-21-11-17(25)10-19(13-24)30-21/h3-9,12,17,19,21,24-25H,10-11,13H2,1-2H3/b7-6+. The Morgan fingerprint density at radius 3 is 2.68 bits per heavy atom. The normalized spacial score (nSPS) is 21.1. The van der Waals surface area contributed by atoms with Gasteiger partial charge in [-0.25, -0.2) is 0 Å². The molecule has 1 heterocycles. The summed E-state index contributed by atoms with van der Waals surface area (Å²) in [7, 11) is 3.01. The summed E-state index contributed by atoms with van der Waals surface area (Å²) in [6.07, 6.45) is 2.03. The number of methoxy groups -OCH3 is 2.